The Morgan fingerprint density at radius 3 is 2.00 bits per heavy atom. The molecule has 0 aliphatic rings. The Hall–Kier alpha value is 0.970. The molecule has 0 heterocycles. The van der Waals surface area contributed by atoms with Crippen LogP contribution in [0.15, 0.2) is 0 Å². The minimum Gasteiger partial charge on any atom is -0.316 e. The number of hydrogen-bond donors (Lipinski definition) is 5. The van der Waals surface area contributed by atoms with Crippen molar-refractivity contribution in [3.63, 3.8) is 0 Å². The molecule has 0 aliphatic heterocycles. The van der Waals surface area contributed by atoms with Gasteiger partial charge < -0.3 is 10.6 Å². The third kappa shape index (κ3) is 8.97. The maximum absolute atomic E-state index is 4.46. The van der Waals surface area contributed by atoms with Crippen LogP contribution in [-0.4, -0.2) is 42.9 Å². The monoisotopic (exact) mass is 310 g/mol. The molecular formula is C13H30N2S3. The number of nitrogens with one attached hydrogen (secondary N) is 2. The van der Waals surface area contributed by atoms with Crippen LogP contribution in [-0.2, 0) is 0 Å². The first-order valence-electron chi connectivity index (χ1n) is 6.94. The summed E-state index contributed by atoms with van der Waals surface area (Å²) in [6, 6.07) is 1.07. The van der Waals surface area contributed by atoms with Gasteiger partial charge in [-0.3, -0.25) is 0 Å². The molecule has 2 N–H and O–H groups in total. The highest BCUT2D eigenvalue weighted by atomic mass is 32.1. The van der Waals surface area contributed by atoms with Crippen molar-refractivity contribution in [2.45, 2.75) is 44.7 Å². The maximum atomic E-state index is 4.46. The molecule has 0 aromatic heterocycles. The van der Waals surface area contributed by atoms with Gasteiger partial charge in [0.1, 0.15) is 0 Å². The SMILES string of the molecule is CCC[C@@H](CS)NC[C@@H](CS)CC[C@@H](CS)NC. The summed E-state index contributed by atoms with van der Waals surface area (Å²) in [6.07, 6.45) is 4.80. The lowest BCUT2D eigenvalue weighted by Gasteiger charge is -2.22. The molecule has 0 amide bonds. The Morgan fingerprint density at radius 1 is 0.889 bits per heavy atom. The Kier molecular flexibility index (Phi) is 13.7. The fraction of sp³-hybridized carbons (Fsp3) is 1.00. The second kappa shape index (κ2) is 13.0. The van der Waals surface area contributed by atoms with Gasteiger partial charge in [-0.1, -0.05) is 13.3 Å². The van der Waals surface area contributed by atoms with E-state index in [9.17, 15) is 0 Å². The predicted molar refractivity (Wildman–Crippen MR) is 93.8 cm³/mol. The van der Waals surface area contributed by atoms with Gasteiger partial charge in [0.25, 0.3) is 0 Å². The Morgan fingerprint density at radius 2 is 1.56 bits per heavy atom. The first-order valence-corrected chi connectivity index (χ1v) is 8.84. The van der Waals surface area contributed by atoms with Crippen LogP contribution in [0.4, 0.5) is 0 Å². The van der Waals surface area contributed by atoms with Gasteiger partial charge in [-0.25, -0.2) is 0 Å². The van der Waals surface area contributed by atoms with Crippen molar-refractivity contribution < 1.29 is 0 Å². The van der Waals surface area contributed by atoms with Crippen LogP contribution in [0, 0.1) is 5.92 Å². The molecule has 0 saturated heterocycles. The molecule has 3 atom stereocenters. The molecule has 110 valence electrons. The molecule has 0 bridgehead atoms. The average molecular weight is 311 g/mol. The molecule has 0 aromatic rings. The van der Waals surface area contributed by atoms with Crippen molar-refractivity contribution >= 4 is 37.9 Å². The molecule has 0 saturated carbocycles. The summed E-state index contributed by atoms with van der Waals surface area (Å²) in [5, 5.41) is 6.91. The molecule has 0 unspecified atom stereocenters. The smallest absolute Gasteiger partial charge is 0.0155 e. The van der Waals surface area contributed by atoms with Crippen molar-refractivity contribution in [1.29, 1.82) is 0 Å². The largest absolute Gasteiger partial charge is 0.316 e. The van der Waals surface area contributed by atoms with Gasteiger partial charge >= 0.3 is 0 Å². The molecule has 5 heteroatoms. The molecule has 2 nitrogen and oxygen atoms in total. The van der Waals surface area contributed by atoms with E-state index < -0.39 is 0 Å². The summed E-state index contributed by atoms with van der Waals surface area (Å²) in [4.78, 5) is 0. The lowest BCUT2D eigenvalue weighted by Crippen LogP contribution is -2.36. The van der Waals surface area contributed by atoms with Gasteiger partial charge in [0.2, 0.25) is 0 Å². The summed E-state index contributed by atoms with van der Waals surface area (Å²) >= 11 is 13.2. The first-order chi connectivity index (χ1) is 8.71. The van der Waals surface area contributed by atoms with Crippen LogP contribution < -0.4 is 10.6 Å². The van der Waals surface area contributed by atoms with E-state index in [1.54, 1.807) is 0 Å². The van der Waals surface area contributed by atoms with E-state index in [0.29, 0.717) is 18.0 Å². The highest BCUT2D eigenvalue weighted by molar-refractivity contribution is 7.80. The summed E-state index contributed by atoms with van der Waals surface area (Å²) in [5.41, 5.74) is 0. The quantitative estimate of drug-likeness (QED) is 0.358. The zero-order valence-corrected chi connectivity index (χ0v) is 14.4. The molecular weight excluding hydrogens is 280 g/mol. The number of thiol groups is 3. The van der Waals surface area contributed by atoms with Crippen LogP contribution >= 0.6 is 37.9 Å². The third-order valence-electron chi connectivity index (χ3n) is 3.36. The Bertz CT molecular complexity index is 178. The second-order valence-corrected chi connectivity index (χ2v) is 5.97. The second-order valence-electron chi connectivity index (χ2n) is 4.87. The molecule has 18 heavy (non-hydrogen) atoms. The molecule has 0 fully saturated rings. The van der Waals surface area contributed by atoms with E-state index in [0.717, 1.165) is 23.8 Å². The van der Waals surface area contributed by atoms with Gasteiger partial charge in [-0.2, -0.15) is 37.9 Å². The van der Waals surface area contributed by atoms with Crippen molar-refractivity contribution in [2.75, 3.05) is 30.9 Å². The number of rotatable bonds is 12. The highest BCUT2D eigenvalue weighted by Gasteiger charge is 2.12. The van der Waals surface area contributed by atoms with Crippen molar-refractivity contribution in [3.8, 4) is 0 Å². The topological polar surface area (TPSA) is 24.1 Å². The lowest BCUT2D eigenvalue weighted by atomic mass is 10.0. The fourth-order valence-electron chi connectivity index (χ4n) is 1.96. The number of hydrogen-bond acceptors (Lipinski definition) is 5. The van der Waals surface area contributed by atoms with E-state index in [1.807, 2.05) is 7.05 Å². The zero-order valence-electron chi connectivity index (χ0n) is 11.7. The van der Waals surface area contributed by atoms with Crippen molar-refractivity contribution in [2.24, 2.45) is 5.92 Å². The normalized spacial score (nSPS) is 16.5. The van der Waals surface area contributed by atoms with Gasteiger partial charge in [0.15, 0.2) is 0 Å². The molecule has 0 radical (unpaired) electrons. The van der Waals surface area contributed by atoms with Gasteiger partial charge in [-0.05, 0) is 44.5 Å². The lowest BCUT2D eigenvalue weighted by molar-refractivity contribution is 0.407. The van der Waals surface area contributed by atoms with Crippen molar-refractivity contribution in [3.05, 3.63) is 0 Å². The minimum atomic E-state index is 0.520. The van der Waals surface area contributed by atoms with Gasteiger partial charge in [0.05, 0.1) is 0 Å². The minimum absolute atomic E-state index is 0.520. The van der Waals surface area contributed by atoms with Crippen LogP contribution in [0.25, 0.3) is 0 Å². The van der Waals surface area contributed by atoms with Gasteiger partial charge in [0, 0.05) is 23.6 Å². The van der Waals surface area contributed by atoms with Crippen LogP contribution in [0.5, 0.6) is 0 Å². The molecule has 0 spiro atoms. The van der Waals surface area contributed by atoms with E-state index in [1.165, 1.54) is 25.7 Å². The fourth-order valence-corrected chi connectivity index (χ4v) is 2.95. The van der Waals surface area contributed by atoms with Gasteiger partial charge in [-0.15, -0.1) is 0 Å². The molecule has 0 rings (SSSR count). The summed E-state index contributed by atoms with van der Waals surface area (Å²) < 4.78 is 0. The van der Waals surface area contributed by atoms with Crippen molar-refractivity contribution in [1.82, 2.24) is 10.6 Å². The summed E-state index contributed by atoms with van der Waals surface area (Å²) in [7, 11) is 2.01. The van der Waals surface area contributed by atoms with E-state index in [2.05, 4.69) is 55.4 Å². The first kappa shape index (κ1) is 19.0. The Labute approximate surface area is 130 Å². The summed E-state index contributed by atoms with van der Waals surface area (Å²) in [6.45, 7) is 3.27. The van der Waals surface area contributed by atoms with Crippen LogP contribution in [0.3, 0.4) is 0 Å². The van der Waals surface area contributed by atoms with E-state index in [4.69, 9.17) is 0 Å². The summed E-state index contributed by atoms with van der Waals surface area (Å²) in [5.74, 6) is 3.41. The predicted octanol–water partition coefficient (Wildman–Crippen LogP) is 2.52. The Balaban J connectivity index is 3.87. The standard InChI is InChI=1S/C13H30N2S3/c1-3-4-13(10-18)15-7-11(8-16)5-6-12(9-17)14-2/h11-18H,3-10H2,1-2H3/t11-,12-,13-/m0/s1. The molecule has 0 aromatic carbocycles. The van der Waals surface area contributed by atoms with E-state index >= 15 is 0 Å². The van der Waals surface area contributed by atoms with E-state index in [-0.39, 0.29) is 0 Å². The molecule has 0 aliphatic carbocycles. The zero-order chi connectivity index (χ0) is 13.8. The van der Waals surface area contributed by atoms with Crippen LogP contribution in [0.2, 0.25) is 0 Å². The average Bonchev–Trinajstić information content (AvgIpc) is 2.41. The maximum Gasteiger partial charge on any atom is 0.0155 e. The van der Waals surface area contributed by atoms with Crippen LogP contribution in [0.1, 0.15) is 32.6 Å². The highest BCUT2D eigenvalue weighted by Crippen LogP contribution is 2.11. The third-order valence-corrected chi connectivity index (χ3v) is 4.76.